The van der Waals surface area contributed by atoms with E-state index in [1.54, 1.807) is 6.08 Å². The van der Waals surface area contributed by atoms with E-state index in [0.717, 1.165) is 24.0 Å². The van der Waals surface area contributed by atoms with Crippen LogP contribution in [0.5, 0.6) is 0 Å². The Morgan fingerprint density at radius 2 is 1.70 bits per heavy atom. The smallest absolute Gasteiger partial charge is 0.303 e. The van der Waals surface area contributed by atoms with Crippen LogP contribution >= 0.6 is 0 Å². The topological polar surface area (TPSA) is 110 Å². The molecule has 0 aromatic heterocycles. The third-order valence-corrected chi connectivity index (χ3v) is 7.87. The van der Waals surface area contributed by atoms with Crippen LogP contribution < -0.4 is 0 Å². The van der Waals surface area contributed by atoms with Gasteiger partial charge < -0.3 is 33.5 Å². The summed E-state index contributed by atoms with van der Waals surface area (Å²) in [6.45, 7) is 4.44. The summed E-state index contributed by atoms with van der Waals surface area (Å²) in [6.07, 6.45) is 3.40. The Morgan fingerprint density at radius 3 is 2.37 bits per heavy atom. The Morgan fingerprint density at radius 1 is 0.978 bits per heavy atom. The molecule has 0 radical (unpaired) electrons. The van der Waals surface area contributed by atoms with Gasteiger partial charge in [-0.2, -0.15) is 0 Å². The first-order chi connectivity index (χ1) is 22.4. The monoisotopic (exact) mass is 634 g/mol. The van der Waals surface area contributed by atoms with Crippen molar-refractivity contribution in [2.75, 3.05) is 13.2 Å². The summed E-state index contributed by atoms with van der Waals surface area (Å²) in [6, 6.07) is 19.6. The number of aliphatic hydroxyl groups is 1. The number of esters is 2. The molecule has 9 nitrogen and oxygen atoms in total. The van der Waals surface area contributed by atoms with Crippen molar-refractivity contribution in [3.8, 4) is 11.8 Å². The Kier molecular flexibility index (Phi) is 14.8. The molecule has 0 spiro atoms. The van der Waals surface area contributed by atoms with Crippen molar-refractivity contribution in [2.24, 2.45) is 0 Å². The second kappa shape index (κ2) is 19.2. The van der Waals surface area contributed by atoms with Crippen molar-refractivity contribution in [1.29, 1.82) is 0 Å². The van der Waals surface area contributed by atoms with E-state index in [9.17, 15) is 14.7 Å². The Bertz CT molecular complexity index is 1290. The van der Waals surface area contributed by atoms with E-state index in [-0.39, 0.29) is 25.2 Å². The molecule has 2 aromatic carbocycles. The average Bonchev–Trinajstić information content (AvgIpc) is 3.04. The molecule has 9 heteroatoms. The lowest BCUT2D eigenvalue weighted by molar-refractivity contribution is -0.206. The van der Waals surface area contributed by atoms with Gasteiger partial charge in [-0.25, -0.2) is 0 Å². The third kappa shape index (κ3) is 12.3. The van der Waals surface area contributed by atoms with Gasteiger partial charge in [0.1, 0.15) is 12.2 Å². The molecule has 2 fully saturated rings. The number of ether oxygens (including phenoxy) is 6. The highest BCUT2D eigenvalue weighted by atomic mass is 16.6. The quantitative estimate of drug-likeness (QED) is 0.225. The van der Waals surface area contributed by atoms with Gasteiger partial charge in [0.15, 0.2) is 6.10 Å². The van der Waals surface area contributed by atoms with Crippen molar-refractivity contribution in [3.63, 3.8) is 0 Å². The van der Waals surface area contributed by atoms with Crippen LogP contribution in [0.15, 0.2) is 72.8 Å². The number of carbonyl (C=O) groups is 2. The van der Waals surface area contributed by atoms with Gasteiger partial charge in [-0.05, 0) is 49.3 Å². The van der Waals surface area contributed by atoms with Gasteiger partial charge in [0, 0.05) is 26.9 Å². The number of hydrogen-bond donors (Lipinski definition) is 1. The highest BCUT2D eigenvalue weighted by molar-refractivity contribution is 5.66. The second-order valence-corrected chi connectivity index (χ2v) is 11.7. The largest absolute Gasteiger partial charge is 0.460 e. The predicted octanol–water partition coefficient (Wildman–Crippen LogP) is 5.08. The number of allylic oxidation sites excluding steroid dienone is 1. The fraction of sp³-hybridized carbons (Fsp3) is 0.514. The molecule has 0 bridgehead atoms. The van der Waals surface area contributed by atoms with Crippen molar-refractivity contribution >= 4 is 11.9 Å². The van der Waals surface area contributed by atoms with Gasteiger partial charge in [0.2, 0.25) is 0 Å². The van der Waals surface area contributed by atoms with E-state index < -0.39 is 42.5 Å². The van der Waals surface area contributed by atoms with Gasteiger partial charge >= 0.3 is 11.9 Å². The second-order valence-electron chi connectivity index (χ2n) is 11.7. The first-order valence-electron chi connectivity index (χ1n) is 16.1. The number of aliphatic hydroxyl groups excluding tert-OH is 1. The highest BCUT2D eigenvalue weighted by Gasteiger charge is 2.40. The maximum absolute atomic E-state index is 12.1. The number of rotatable bonds is 14. The molecule has 1 unspecified atom stereocenters. The molecule has 2 aliphatic rings. The summed E-state index contributed by atoms with van der Waals surface area (Å²) in [4.78, 5) is 24.2. The zero-order chi connectivity index (χ0) is 32.6. The van der Waals surface area contributed by atoms with Gasteiger partial charge in [0.05, 0.1) is 44.2 Å². The van der Waals surface area contributed by atoms with Crippen molar-refractivity contribution in [3.05, 3.63) is 83.9 Å². The maximum atomic E-state index is 12.1. The minimum Gasteiger partial charge on any atom is -0.460 e. The maximum Gasteiger partial charge on any atom is 0.303 e. The van der Waals surface area contributed by atoms with Gasteiger partial charge in [-0.15, -0.1) is 0 Å². The zero-order valence-electron chi connectivity index (χ0n) is 26.8. The molecule has 2 aromatic rings. The summed E-state index contributed by atoms with van der Waals surface area (Å²) in [5.74, 6) is 5.13. The molecular weight excluding hydrogens is 588 g/mol. The predicted molar refractivity (Wildman–Crippen MR) is 171 cm³/mol. The molecule has 7 atom stereocenters. The lowest BCUT2D eigenvalue weighted by Gasteiger charge is -2.40. The van der Waals surface area contributed by atoms with E-state index in [0.29, 0.717) is 39.1 Å². The Balaban J connectivity index is 1.49. The first kappa shape index (κ1) is 35.3. The summed E-state index contributed by atoms with van der Waals surface area (Å²) in [5, 5.41) is 10.1. The number of carbonyl (C=O) groups excluding carboxylic acids is 2. The first-order valence-corrected chi connectivity index (χ1v) is 16.1. The normalized spacial score (nSPS) is 24.4. The molecule has 248 valence electrons. The van der Waals surface area contributed by atoms with Crippen LogP contribution in [0.4, 0.5) is 0 Å². The highest BCUT2D eigenvalue weighted by Crippen LogP contribution is 2.29. The molecule has 0 saturated carbocycles. The van der Waals surface area contributed by atoms with E-state index in [4.69, 9.17) is 28.4 Å². The molecule has 2 aliphatic heterocycles. The van der Waals surface area contributed by atoms with Crippen LogP contribution in [0.2, 0.25) is 0 Å². The molecule has 0 amide bonds. The van der Waals surface area contributed by atoms with Crippen LogP contribution in [-0.2, 0) is 51.2 Å². The molecule has 2 saturated heterocycles. The molecule has 1 N–H and O–H groups in total. The third-order valence-electron chi connectivity index (χ3n) is 7.87. The van der Waals surface area contributed by atoms with Gasteiger partial charge in [-0.3, -0.25) is 9.59 Å². The number of benzene rings is 2. The SMILES string of the molecule is CC(=O)OC(C#C/C=C\C[C@H]1OCCC[C@@H]1O)C[C@@H](OCc1ccccc1)[C@@H]1O[C@H](COCc2ccccc2)CC[C@H]1OC(C)=O. The van der Waals surface area contributed by atoms with Crippen LogP contribution in [-0.4, -0.2) is 73.0 Å². The summed E-state index contributed by atoms with van der Waals surface area (Å²) >= 11 is 0. The zero-order valence-corrected chi connectivity index (χ0v) is 26.8. The minimum atomic E-state index is -0.810. The molecule has 4 rings (SSSR count). The molecule has 0 aliphatic carbocycles. The van der Waals surface area contributed by atoms with Crippen molar-refractivity contribution < 1.29 is 43.1 Å². The van der Waals surface area contributed by atoms with E-state index in [1.165, 1.54) is 13.8 Å². The lowest BCUT2D eigenvalue weighted by atomic mass is 9.94. The van der Waals surface area contributed by atoms with Crippen LogP contribution in [0.25, 0.3) is 0 Å². The van der Waals surface area contributed by atoms with Crippen molar-refractivity contribution in [1.82, 2.24) is 0 Å². The molecule has 46 heavy (non-hydrogen) atoms. The lowest BCUT2D eigenvalue weighted by Crippen LogP contribution is -2.50. The van der Waals surface area contributed by atoms with Crippen molar-refractivity contribution in [2.45, 2.75) is 108 Å². The van der Waals surface area contributed by atoms with E-state index >= 15 is 0 Å². The van der Waals surface area contributed by atoms with E-state index in [2.05, 4.69) is 11.8 Å². The van der Waals surface area contributed by atoms with Crippen LogP contribution in [0.3, 0.4) is 0 Å². The van der Waals surface area contributed by atoms with Gasteiger partial charge in [0.25, 0.3) is 0 Å². The fourth-order valence-corrected chi connectivity index (χ4v) is 5.64. The average molecular weight is 635 g/mol. The fourth-order valence-electron chi connectivity index (χ4n) is 5.64. The Hall–Kier alpha value is -3.52. The molecule has 2 heterocycles. The summed E-state index contributed by atoms with van der Waals surface area (Å²) in [7, 11) is 0. The Labute approximate surface area is 272 Å². The minimum absolute atomic E-state index is 0.192. The standard InChI is InChI=1S/C37H46O9/c1-27(38)44-31(17-10-5-11-19-34-33(40)18-12-22-42-34)23-36(43-25-30-15-8-4-9-16-30)37-35(45-28(2)39)21-20-32(46-37)26-41-24-29-13-6-3-7-14-29/h3-9,11,13-16,31-37,40H,12,18-26H2,1-2H3/b11-5-/t31?,32-,33-,34+,35+,36+,37+/m0/s1. The van der Waals surface area contributed by atoms with Gasteiger partial charge in [-0.1, -0.05) is 78.6 Å². The number of hydrogen-bond acceptors (Lipinski definition) is 9. The van der Waals surface area contributed by atoms with Crippen LogP contribution in [0, 0.1) is 11.8 Å². The molecular formula is C37H46O9. The summed E-state index contributed by atoms with van der Waals surface area (Å²) < 4.78 is 36.0. The van der Waals surface area contributed by atoms with Crippen LogP contribution in [0.1, 0.15) is 63.5 Å². The van der Waals surface area contributed by atoms with E-state index in [1.807, 2.05) is 66.7 Å². The summed E-state index contributed by atoms with van der Waals surface area (Å²) in [5.41, 5.74) is 2.02.